The smallest absolute Gasteiger partial charge is 0.203 e. The highest BCUT2D eigenvalue weighted by molar-refractivity contribution is 5.98. The van der Waals surface area contributed by atoms with Crippen molar-refractivity contribution in [2.75, 3.05) is 21.3 Å². The first kappa shape index (κ1) is 22.0. The summed E-state index contributed by atoms with van der Waals surface area (Å²) in [6.07, 6.45) is 5.55. The summed E-state index contributed by atoms with van der Waals surface area (Å²) in [5, 5.41) is 0. The molecule has 0 bridgehead atoms. The summed E-state index contributed by atoms with van der Waals surface area (Å²) in [6.45, 7) is 4.39. The van der Waals surface area contributed by atoms with Crippen LogP contribution in [-0.4, -0.2) is 32.7 Å². The Bertz CT molecular complexity index is 879. The van der Waals surface area contributed by atoms with Crippen molar-refractivity contribution < 1.29 is 23.7 Å². The molecule has 2 aromatic rings. The molecule has 0 amide bonds. The van der Waals surface area contributed by atoms with E-state index in [1.165, 1.54) is 6.42 Å². The lowest BCUT2D eigenvalue weighted by molar-refractivity contribution is 0.0539. The Morgan fingerprint density at radius 2 is 1.77 bits per heavy atom. The zero-order chi connectivity index (χ0) is 21.7. The number of Topliss-reactive ketones (excluding diaryl/α,β-unsaturated/α-hetero) is 1. The van der Waals surface area contributed by atoms with Gasteiger partial charge in [0.2, 0.25) is 5.75 Å². The van der Waals surface area contributed by atoms with Crippen LogP contribution in [0, 0.1) is 0 Å². The molecule has 162 valence electrons. The highest BCUT2D eigenvalue weighted by Gasteiger charge is 2.31. The minimum absolute atomic E-state index is 0.0476. The summed E-state index contributed by atoms with van der Waals surface area (Å²) in [6, 6.07) is 9.43. The first-order chi connectivity index (χ1) is 14.4. The summed E-state index contributed by atoms with van der Waals surface area (Å²) < 4.78 is 22.5. The molecule has 1 atom stereocenters. The molecule has 30 heavy (non-hydrogen) atoms. The van der Waals surface area contributed by atoms with Crippen LogP contribution in [-0.2, 0) is 12.8 Å². The molecular formula is C25H32O5. The maximum atomic E-state index is 13.0. The highest BCUT2D eigenvalue weighted by atomic mass is 16.5. The molecule has 0 saturated heterocycles. The number of hydrogen-bond donors (Lipinski definition) is 0. The molecule has 5 nitrogen and oxygen atoms in total. The van der Waals surface area contributed by atoms with Crippen molar-refractivity contribution in [2.45, 2.75) is 58.0 Å². The van der Waals surface area contributed by atoms with Crippen LogP contribution in [0.1, 0.15) is 61.0 Å². The van der Waals surface area contributed by atoms with Gasteiger partial charge >= 0.3 is 0 Å². The highest BCUT2D eigenvalue weighted by Crippen LogP contribution is 2.39. The van der Waals surface area contributed by atoms with Crippen molar-refractivity contribution in [1.29, 1.82) is 0 Å². The summed E-state index contributed by atoms with van der Waals surface area (Å²) in [5.41, 5.74) is 2.52. The number of hydrogen-bond acceptors (Lipinski definition) is 5. The monoisotopic (exact) mass is 412 g/mol. The fourth-order valence-electron chi connectivity index (χ4n) is 4.02. The van der Waals surface area contributed by atoms with Gasteiger partial charge in [0.15, 0.2) is 17.3 Å². The van der Waals surface area contributed by atoms with E-state index in [1.54, 1.807) is 21.3 Å². The van der Waals surface area contributed by atoms with Gasteiger partial charge in [0.05, 0.1) is 21.3 Å². The molecule has 0 spiro atoms. The van der Waals surface area contributed by atoms with Crippen molar-refractivity contribution in [3.05, 3.63) is 47.0 Å². The number of aryl methyl sites for hydroxylation is 1. The Hall–Kier alpha value is -2.69. The molecule has 5 heteroatoms. The average molecular weight is 413 g/mol. The largest absolute Gasteiger partial charge is 0.493 e. The molecule has 1 unspecified atom stereocenters. The number of benzene rings is 2. The normalized spacial score (nSPS) is 17.6. The SMILES string of the molecule is CCCCC1(C)CCc2cc(C(=O)Cc3cc(OC)c(OC)c(OC)c3)ccc2O1. The van der Waals surface area contributed by atoms with Crippen LogP contribution in [0.3, 0.4) is 0 Å². The number of unbranched alkanes of at least 4 members (excludes halogenated alkanes) is 1. The Morgan fingerprint density at radius 1 is 1.07 bits per heavy atom. The lowest BCUT2D eigenvalue weighted by Crippen LogP contribution is -2.36. The van der Waals surface area contributed by atoms with Gasteiger partial charge in [-0.3, -0.25) is 4.79 Å². The molecule has 0 radical (unpaired) electrons. The second-order valence-corrected chi connectivity index (χ2v) is 8.11. The van der Waals surface area contributed by atoms with Crippen LogP contribution in [0.5, 0.6) is 23.0 Å². The van der Waals surface area contributed by atoms with E-state index in [4.69, 9.17) is 18.9 Å². The lowest BCUT2D eigenvalue weighted by atomic mass is 9.87. The van der Waals surface area contributed by atoms with E-state index in [1.807, 2.05) is 30.3 Å². The van der Waals surface area contributed by atoms with Gasteiger partial charge in [-0.05, 0) is 74.1 Å². The van der Waals surface area contributed by atoms with Gasteiger partial charge in [0.1, 0.15) is 11.4 Å². The van der Waals surface area contributed by atoms with E-state index in [9.17, 15) is 4.79 Å². The number of ketones is 1. The van der Waals surface area contributed by atoms with Crippen LogP contribution in [0.15, 0.2) is 30.3 Å². The molecular weight excluding hydrogens is 380 g/mol. The summed E-state index contributed by atoms with van der Waals surface area (Å²) in [7, 11) is 4.70. The van der Waals surface area contributed by atoms with E-state index < -0.39 is 0 Å². The van der Waals surface area contributed by atoms with E-state index in [0.717, 1.165) is 42.6 Å². The zero-order valence-electron chi connectivity index (χ0n) is 18.7. The van der Waals surface area contributed by atoms with E-state index >= 15 is 0 Å². The molecule has 0 N–H and O–H groups in total. The molecule has 1 aliphatic rings. The fourth-order valence-corrected chi connectivity index (χ4v) is 4.02. The Morgan fingerprint density at radius 3 is 2.37 bits per heavy atom. The molecule has 1 aliphatic heterocycles. The number of rotatable bonds is 9. The zero-order valence-corrected chi connectivity index (χ0v) is 18.7. The standard InChI is InChI=1S/C25H32O5/c1-6-7-11-25(2)12-10-19-16-18(8-9-21(19)30-25)20(26)13-17-14-22(27-3)24(29-5)23(15-17)28-4/h8-9,14-16H,6-7,10-13H2,1-5H3. The average Bonchev–Trinajstić information content (AvgIpc) is 2.76. The van der Waals surface area contributed by atoms with Crippen LogP contribution >= 0.6 is 0 Å². The van der Waals surface area contributed by atoms with Crippen molar-refractivity contribution in [3.63, 3.8) is 0 Å². The molecule has 0 aromatic heterocycles. The Balaban J connectivity index is 1.78. The van der Waals surface area contributed by atoms with E-state index in [0.29, 0.717) is 22.8 Å². The molecule has 0 fully saturated rings. The third-order valence-corrected chi connectivity index (χ3v) is 5.81. The lowest BCUT2D eigenvalue weighted by Gasteiger charge is -2.36. The molecule has 0 aliphatic carbocycles. The van der Waals surface area contributed by atoms with Crippen molar-refractivity contribution in [3.8, 4) is 23.0 Å². The van der Waals surface area contributed by atoms with Crippen LogP contribution < -0.4 is 18.9 Å². The fraction of sp³-hybridized carbons (Fsp3) is 0.480. The van der Waals surface area contributed by atoms with Gasteiger partial charge in [-0.1, -0.05) is 13.3 Å². The van der Waals surface area contributed by atoms with Crippen molar-refractivity contribution >= 4 is 5.78 Å². The summed E-state index contributed by atoms with van der Waals surface area (Å²) in [4.78, 5) is 13.0. The maximum Gasteiger partial charge on any atom is 0.203 e. The van der Waals surface area contributed by atoms with Gasteiger partial charge in [-0.25, -0.2) is 0 Å². The maximum absolute atomic E-state index is 13.0. The predicted octanol–water partition coefficient (Wildman–Crippen LogP) is 5.41. The minimum Gasteiger partial charge on any atom is -0.493 e. The topological polar surface area (TPSA) is 54.0 Å². The second kappa shape index (κ2) is 9.41. The van der Waals surface area contributed by atoms with E-state index in [2.05, 4.69) is 13.8 Å². The van der Waals surface area contributed by atoms with Crippen molar-refractivity contribution in [1.82, 2.24) is 0 Å². The predicted molar refractivity (Wildman–Crippen MR) is 117 cm³/mol. The molecule has 3 rings (SSSR count). The third kappa shape index (κ3) is 4.72. The van der Waals surface area contributed by atoms with Gasteiger partial charge < -0.3 is 18.9 Å². The van der Waals surface area contributed by atoms with Crippen LogP contribution in [0.25, 0.3) is 0 Å². The second-order valence-electron chi connectivity index (χ2n) is 8.11. The quantitative estimate of drug-likeness (QED) is 0.515. The van der Waals surface area contributed by atoms with Gasteiger partial charge in [-0.15, -0.1) is 0 Å². The van der Waals surface area contributed by atoms with Gasteiger partial charge in [0, 0.05) is 12.0 Å². The van der Waals surface area contributed by atoms with Crippen LogP contribution in [0.4, 0.5) is 0 Å². The number of fused-ring (bicyclic) bond motifs is 1. The van der Waals surface area contributed by atoms with E-state index in [-0.39, 0.29) is 17.8 Å². The van der Waals surface area contributed by atoms with Gasteiger partial charge in [0.25, 0.3) is 0 Å². The van der Waals surface area contributed by atoms with Crippen LogP contribution in [0.2, 0.25) is 0 Å². The Kier molecular flexibility index (Phi) is 6.91. The van der Waals surface area contributed by atoms with Crippen molar-refractivity contribution in [2.24, 2.45) is 0 Å². The number of carbonyl (C=O) groups is 1. The van der Waals surface area contributed by atoms with Gasteiger partial charge in [-0.2, -0.15) is 0 Å². The third-order valence-electron chi connectivity index (χ3n) is 5.81. The summed E-state index contributed by atoms with van der Waals surface area (Å²) in [5.74, 6) is 2.57. The molecule has 1 heterocycles. The summed E-state index contributed by atoms with van der Waals surface area (Å²) >= 11 is 0. The minimum atomic E-state index is -0.106. The number of ether oxygens (including phenoxy) is 4. The molecule has 0 saturated carbocycles. The molecule has 2 aromatic carbocycles. The number of carbonyl (C=O) groups excluding carboxylic acids is 1. The number of methoxy groups -OCH3 is 3. The first-order valence-electron chi connectivity index (χ1n) is 10.6. The Labute approximate surface area is 179 Å². The first-order valence-corrected chi connectivity index (χ1v) is 10.6.